The van der Waals surface area contributed by atoms with E-state index in [1.54, 1.807) is 43.8 Å². The van der Waals surface area contributed by atoms with Gasteiger partial charge in [-0.1, -0.05) is 24.3 Å². The van der Waals surface area contributed by atoms with Gasteiger partial charge < -0.3 is 14.8 Å². The van der Waals surface area contributed by atoms with Gasteiger partial charge in [-0.2, -0.15) is 0 Å². The lowest BCUT2D eigenvalue weighted by molar-refractivity contribution is 0.102. The van der Waals surface area contributed by atoms with E-state index in [1.165, 1.54) is 0 Å². The summed E-state index contributed by atoms with van der Waals surface area (Å²) in [4.78, 5) is 18.9. The summed E-state index contributed by atoms with van der Waals surface area (Å²) in [6, 6.07) is 18.7. The Morgan fingerprint density at radius 3 is 2.61 bits per heavy atom. The van der Waals surface area contributed by atoms with Gasteiger partial charge in [-0.05, 0) is 35.7 Å². The number of hydrogen-bond acceptors (Lipinski definition) is 5. The Kier molecular flexibility index (Phi) is 4.95. The first-order chi connectivity index (χ1) is 13.7. The van der Waals surface area contributed by atoms with Crippen molar-refractivity contribution in [2.45, 2.75) is 0 Å². The molecule has 0 unspecified atom stereocenters. The summed E-state index contributed by atoms with van der Waals surface area (Å²) >= 11 is 1.59. The van der Waals surface area contributed by atoms with Gasteiger partial charge in [-0.25, -0.2) is 4.98 Å². The predicted octanol–water partition coefficient (Wildman–Crippen LogP) is 5.23. The van der Waals surface area contributed by atoms with E-state index in [1.807, 2.05) is 47.8 Å². The minimum atomic E-state index is -0.233. The quantitative estimate of drug-likeness (QED) is 0.507. The highest BCUT2D eigenvalue weighted by Crippen LogP contribution is 2.31. The SMILES string of the molecule is COc1ccc(OC)c(NC(=O)c2cc(-c3cccs3)nc3ccccc23)c1. The molecule has 0 aliphatic heterocycles. The first kappa shape index (κ1) is 18.0. The van der Waals surface area contributed by atoms with Crippen LogP contribution in [0.3, 0.4) is 0 Å². The molecule has 2 heterocycles. The average molecular weight is 390 g/mol. The van der Waals surface area contributed by atoms with E-state index >= 15 is 0 Å². The van der Waals surface area contributed by atoms with Crippen molar-refractivity contribution >= 4 is 33.8 Å². The number of rotatable bonds is 5. The van der Waals surface area contributed by atoms with Crippen LogP contribution < -0.4 is 14.8 Å². The van der Waals surface area contributed by atoms with Crippen molar-refractivity contribution in [1.29, 1.82) is 0 Å². The number of anilines is 1. The van der Waals surface area contributed by atoms with Crippen molar-refractivity contribution in [2.24, 2.45) is 0 Å². The van der Waals surface area contributed by atoms with Crippen LogP contribution in [-0.4, -0.2) is 25.1 Å². The normalized spacial score (nSPS) is 10.6. The Morgan fingerprint density at radius 2 is 1.86 bits per heavy atom. The Morgan fingerprint density at radius 1 is 1.00 bits per heavy atom. The number of ether oxygens (including phenoxy) is 2. The molecule has 0 aliphatic rings. The third-order valence-electron chi connectivity index (χ3n) is 4.39. The fourth-order valence-electron chi connectivity index (χ4n) is 3.02. The van der Waals surface area contributed by atoms with Gasteiger partial charge in [0.1, 0.15) is 11.5 Å². The second kappa shape index (κ2) is 7.70. The van der Waals surface area contributed by atoms with Crippen molar-refractivity contribution in [3.8, 4) is 22.1 Å². The molecule has 0 aliphatic carbocycles. The molecule has 0 saturated carbocycles. The number of amides is 1. The van der Waals surface area contributed by atoms with Crippen LogP contribution >= 0.6 is 11.3 Å². The molecule has 0 bridgehead atoms. The molecule has 140 valence electrons. The van der Waals surface area contributed by atoms with Crippen molar-refractivity contribution in [1.82, 2.24) is 4.98 Å². The van der Waals surface area contributed by atoms with Crippen LogP contribution in [-0.2, 0) is 0 Å². The number of carbonyl (C=O) groups is 1. The van der Waals surface area contributed by atoms with Crippen LogP contribution in [0.5, 0.6) is 11.5 Å². The van der Waals surface area contributed by atoms with E-state index in [0.29, 0.717) is 22.7 Å². The summed E-state index contributed by atoms with van der Waals surface area (Å²) in [5.74, 6) is 0.962. The number of para-hydroxylation sites is 1. The summed E-state index contributed by atoms with van der Waals surface area (Å²) < 4.78 is 10.6. The first-order valence-electron chi connectivity index (χ1n) is 8.66. The first-order valence-corrected chi connectivity index (χ1v) is 9.54. The number of carbonyl (C=O) groups excluding carboxylic acids is 1. The largest absolute Gasteiger partial charge is 0.497 e. The average Bonchev–Trinajstić information content (AvgIpc) is 3.27. The van der Waals surface area contributed by atoms with Crippen LogP contribution in [0.15, 0.2) is 66.0 Å². The van der Waals surface area contributed by atoms with E-state index in [4.69, 9.17) is 14.5 Å². The molecule has 4 aromatic rings. The Balaban J connectivity index is 1.79. The van der Waals surface area contributed by atoms with Crippen molar-refractivity contribution in [3.63, 3.8) is 0 Å². The van der Waals surface area contributed by atoms with Crippen molar-refractivity contribution in [3.05, 3.63) is 71.6 Å². The maximum absolute atomic E-state index is 13.2. The van der Waals surface area contributed by atoms with E-state index in [2.05, 4.69) is 5.32 Å². The number of aromatic nitrogens is 1. The van der Waals surface area contributed by atoms with Gasteiger partial charge in [0, 0.05) is 11.5 Å². The maximum atomic E-state index is 13.2. The molecule has 0 fully saturated rings. The molecule has 1 N–H and O–H groups in total. The van der Waals surface area contributed by atoms with Crippen LogP contribution in [0.4, 0.5) is 5.69 Å². The van der Waals surface area contributed by atoms with E-state index in [-0.39, 0.29) is 5.91 Å². The number of methoxy groups -OCH3 is 2. The van der Waals surface area contributed by atoms with Crippen LogP contribution in [0, 0.1) is 0 Å². The number of benzene rings is 2. The zero-order valence-corrected chi connectivity index (χ0v) is 16.2. The molecular weight excluding hydrogens is 372 g/mol. The van der Waals surface area contributed by atoms with Crippen LogP contribution in [0.25, 0.3) is 21.5 Å². The number of pyridine rings is 1. The molecule has 5 nitrogen and oxygen atoms in total. The smallest absolute Gasteiger partial charge is 0.256 e. The Bertz CT molecular complexity index is 1140. The van der Waals surface area contributed by atoms with Gasteiger partial charge >= 0.3 is 0 Å². The summed E-state index contributed by atoms with van der Waals surface area (Å²) in [6.45, 7) is 0. The molecule has 28 heavy (non-hydrogen) atoms. The van der Waals surface area contributed by atoms with Crippen LogP contribution in [0.1, 0.15) is 10.4 Å². The molecule has 6 heteroatoms. The maximum Gasteiger partial charge on any atom is 0.256 e. The lowest BCUT2D eigenvalue weighted by Gasteiger charge is -2.13. The minimum Gasteiger partial charge on any atom is -0.497 e. The molecule has 0 atom stereocenters. The molecule has 1 amide bonds. The summed E-state index contributed by atoms with van der Waals surface area (Å²) in [5.41, 5.74) is 2.65. The molecular formula is C22H18N2O3S. The molecule has 4 rings (SSSR count). The van der Waals surface area contributed by atoms with Gasteiger partial charge in [-0.15, -0.1) is 11.3 Å². The van der Waals surface area contributed by atoms with Gasteiger partial charge in [0.05, 0.1) is 41.6 Å². The minimum absolute atomic E-state index is 0.233. The number of nitrogens with one attached hydrogen (secondary N) is 1. The molecule has 2 aromatic heterocycles. The van der Waals surface area contributed by atoms with Crippen molar-refractivity contribution in [2.75, 3.05) is 19.5 Å². The van der Waals surface area contributed by atoms with Gasteiger partial charge in [0.2, 0.25) is 0 Å². The fraction of sp³-hybridized carbons (Fsp3) is 0.0909. The lowest BCUT2D eigenvalue weighted by atomic mass is 10.1. The molecule has 0 spiro atoms. The predicted molar refractivity (Wildman–Crippen MR) is 113 cm³/mol. The number of thiophene rings is 1. The monoisotopic (exact) mass is 390 g/mol. The van der Waals surface area contributed by atoms with E-state index in [9.17, 15) is 4.79 Å². The molecule has 0 saturated heterocycles. The van der Waals surface area contributed by atoms with E-state index < -0.39 is 0 Å². The second-order valence-electron chi connectivity index (χ2n) is 6.07. The second-order valence-corrected chi connectivity index (χ2v) is 7.02. The highest BCUT2D eigenvalue weighted by atomic mass is 32.1. The Labute approximate surface area is 166 Å². The highest BCUT2D eigenvalue weighted by Gasteiger charge is 2.16. The lowest BCUT2D eigenvalue weighted by Crippen LogP contribution is -2.14. The number of nitrogens with zero attached hydrogens (tertiary/aromatic N) is 1. The van der Waals surface area contributed by atoms with Gasteiger partial charge in [0.15, 0.2) is 0 Å². The van der Waals surface area contributed by atoms with E-state index in [0.717, 1.165) is 21.5 Å². The fourth-order valence-corrected chi connectivity index (χ4v) is 3.70. The standard InChI is InChI=1S/C22H18N2O3S/c1-26-14-9-10-20(27-2)18(12-14)24-22(25)16-13-19(21-8-5-11-28-21)23-17-7-4-3-6-15(16)17/h3-13H,1-2H3,(H,24,25). The third kappa shape index (κ3) is 3.42. The topological polar surface area (TPSA) is 60.5 Å². The van der Waals surface area contributed by atoms with Gasteiger partial charge in [-0.3, -0.25) is 4.79 Å². The van der Waals surface area contributed by atoms with Crippen LogP contribution in [0.2, 0.25) is 0 Å². The summed E-state index contributed by atoms with van der Waals surface area (Å²) in [6.07, 6.45) is 0. The zero-order chi connectivity index (χ0) is 19.5. The van der Waals surface area contributed by atoms with Crippen molar-refractivity contribution < 1.29 is 14.3 Å². The molecule has 0 radical (unpaired) electrons. The highest BCUT2D eigenvalue weighted by molar-refractivity contribution is 7.13. The number of hydrogen-bond donors (Lipinski definition) is 1. The zero-order valence-electron chi connectivity index (χ0n) is 15.4. The molecule has 2 aromatic carbocycles. The summed E-state index contributed by atoms with van der Waals surface area (Å²) in [7, 11) is 3.14. The third-order valence-corrected chi connectivity index (χ3v) is 5.28. The van der Waals surface area contributed by atoms with Gasteiger partial charge in [0.25, 0.3) is 5.91 Å². The number of fused-ring (bicyclic) bond motifs is 1. The Hall–Kier alpha value is -3.38. The summed E-state index contributed by atoms with van der Waals surface area (Å²) in [5, 5.41) is 5.74.